The van der Waals surface area contributed by atoms with Gasteiger partial charge in [-0.2, -0.15) is 0 Å². The third kappa shape index (κ3) is 3.57. The van der Waals surface area contributed by atoms with Crippen LogP contribution in [-0.4, -0.2) is 28.0 Å². The second-order valence-corrected chi connectivity index (χ2v) is 6.93. The highest BCUT2D eigenvalue weighted by Crippen LogP contribution is 2.31. The van der Waals surface area contributed by atoms with E-state index in [-0.39, 0.29) is 0 Å². The lowest BCUT2D eigenvalue weighted by Crippen LogP contribution is -2.32. The van der Waals surface area contributed by atoms with Gasteiger partial charge in [-0.25, -0.2) is 9.97 Å². The molecule has 0 spiro atoms. The molecule has 1 saturated heterocycles. The molecule has 1 aliphatic heterocycles. The molecule has 2 aromatic carbocycles. The number of fused-ring (bicyclic) bond motifs is 1. The zero-order valence-corrected chi connectivity index (χ0v) is 14.9. The summed E-state index contributed by atoms with van der Waals surface area (Å²) in [5.74, 6) is 1.52. The van der Waals surface area contributed by atoms with Gasteiger partial charge >= 0.3 is 0 Å². The lowest BCUT2D eigenvalue weighted by atomic mass is 9.90. The first-order valence-corrected chi connectivity index (χ1v) is 9.35. The SMILES string of the molecule is CCc1nc(C2CCN(Cc3ccccc3)CC2)c2ccccc2n1. The van der Waals surface area contributed by atoms with Gasteiger partial charge in [0.15, 0.2) is 0 Å². The van der Waals surface area contributed by atoms with Crippen LogP contribution in [-0.2, 0) is 13.0 Å². The van der Waals surface area contributed by atoms with E-state index in [0.29, 0.717) is 5.92 Å². The Kier molecular flexibility index (Phi) is 4.75. The zero-order valence-electron chi connectivity index (χ0n) is 14.9. The molecule has 128 valence electrons. The molecular formula is C22H25N3. The van der Waals surface area contributed by atoms with Crippen LogP contribution in [0.4, 0.5) is 0 Å². The summed E-state index contributed by atoms with van der Waals surface area (Å²) in [4.78, 5) is 12.2. The van der Waals surface area contributed by atoms with Gasteiger partial charge < -0.3 is 0 Å². The van der Waals surface area contributed by atoms with Crippen molar-refractivity contribution in [1.82, 2.24) is 14.9 Å². The zero-order chi connectivity index (χ0) is 17.1. The number of rotatable bonds is 4. The fourth-order valence-electron chi connectivity index (χ4n) is 3.83. The van der Waals surface area contributed by atoms with Crippen molar-refractivity contribution in [2.75, 3.05) is 13.1 Å². The first kappa shape index (κ1) is 16.2. The summed E-state index contributed by atoms with van der Waals surface area (Å²) in [6.45, 7) is 5.47. The molecule has 0 bridgehead atoms. The minimum atomic E-state index is 0.547. The van der Waals surface area contributed by atoms with Crippen molar-refractivity contribution < 1.29 is 0 Å². The normalized spacial score (nSPS) is 16.4. The average molecular weight is 331 g/mol. The van der Waals surface area contributed by atoms with Crippen LogP contribution in [0.1, 0.15) is 42.8 Å². The Balaban J connectivity index is 1.52. The largest absolute Gasteiger partial charge is 0.299 e. The topological polar surface area (TPSA) is 29.0 Å². The van der Waals surface area contributed by atoms with E-state index in [0.717, 1.165) is 37.4 Å². The number of hydrogen-bond acceptors (Lipinski definition) is 3. The highest BCUT2D eigenvalue weighted by Gasteiger charge is 2.24. The van der Waals surface area contributed by atoms with Crippen molar-refractivity contribution in [3.63, 3.8) is 0 Å². The van der Waals surface area contributed by atoms with Gasteiger partial charge in [-0.05, 0) is 37.6 Å². The molecule has 3 nitrogen and oxygen atoms in total. The van der Waals surface area contributed by atoms with E-state index >= 15 is 0 Å². The molecule has 1 aromatic heterocycles. The molecule has 0 atom stereocenters. The standard InChI is InChI=1S/C22H25N3/c1-2-21-23-20-11-7-6-10-19(20)22(24-21)18-12-14-25(15-13-18)16-17-8-4-3-5-9-17/h3-11,18H,2,12-16H2,1H3. The van der Waals surface area contributed by atoms with Gasteiger partial charge in [0, 0.05) is 24.3 Å². The predicted octanol–water partition coefficient (Wildman–Crippen LogP) is 4.57. The predicted molar refractivity (Wildman–Crippen MR) is 103 cm³/mol. The molecule has 3 heteroatoms. The molecule has 3 aromatic rings. The Labute approximate surface area is 149 Å². The number of aryl methyl sites for hydroxylation is 1. The summed E-state index contributed by atoms with van der Waals surface area (Å²) < 4.78 is 0. The fourth-order valence-corrected chi connectivity index (χ4v) is 3.83. The van der Waals surface area contributed by atoms with Crippen LogP contribution in [0.2, 0.25) is 0 Å². The molecule has 0 radical (unpaired) electrons. The first-order valence-electron chi connectivity index (χ1n) is 9.35. The molecule has 0 aliphatic carbocycles. The van der Waals surface area contributed by atoms with Crippen molar-refractivity contribution in [3.05, 3.63) is 71.7 Å². The van der Waals surface area contributed by atoms with Crippen molar-refractivity contribution in [3.8, 4) is 0 Å². The molecule has 0 saturated carbocycles. The smallest absolute Gasteiger partial charge is 0.129 e. The van der Waals surface area contributed by atoms with Gasteiger partial charge in [0.1, 0.15) is 5.82 Å². The maximum atomic E-state index is 4.92. The third-order valence-electron chi connectivity index (χ3n) is 5.22. The average Bonchev–Trinajstić information content (AvgIpc) is 2.68. The number of hydrogen-bond donors (Lipinski definition) is 0. The van der Waals surface area contributed by atoms with Gasteiger partial charge in [-0.1, -0.05) is 55.5 Å². The maximum absolute atomic E-state index is 4.92. The molecule has 25 heavy (non-hydrogen) atoms. The Morgan fingerprint density at radius 2 is 1.64 bits per heavy atom. The van der Waals surface area contributed by atoms with Gasteiger partial charge in [-0.15, -0.1) is 0 Å². The van der Waals surface area contributed by atoms with Crippen LogP contribution in [0.3, 0.4) is 0 Å². The van der Waals surface area contributed by atoms with Crippen LogP contribution in [0, 0.1) is 0 Å². The third-order valence-corrected chi connectivity index (χ3v) is 5.22. The summed E-state index contributed by atoms with van der Waals surface area (Å²) in [5.41, 5.74) is 3.76. The summed E-state index contributed by atoms with van der Waals surface area (Å²) >= 11 is 0. The molecule has 0 amide bonds. The van der Waals surface area contributed by atoms with E-state index in [1.165, 1.54) is 29.5 Å². The highest BCUT2D eigenvalue weighted by atomic mass is 15.1. The van der Waals surface area contributed by atoms with Crippen molar-refractivity contribution in [1.29, 1.82) is 0 Å². The summed E-state index contributed by atoms with van der Waals surface area (Å²) in [6.07, 6.45) is 3.25. The van der Waals surface area contributed by atoms with Crippen molar-refractivity contribution >= 4 is 10.9 Å². The lowest BCUT2D eigenvalue weighted by molar-refractivity contribution is 0.203. The Hall–Kier alpha value is -2.26. The number of para-hydroxylation sites is 1. The lowest BCUT2D eigenvalue weighted by Gasteiger charge is -2.32. The minimum Gasteiger partial charge on any atom is -0.299 e. The number of likely N-dealkylation sites (tertiary alicyclic amines) is 1. The second-order valence-electron chi connectivity index (χ2n) is 6.93. The van der Waals surface area contributed by atoms with Gasteiger partial charge in [0.05, 0.1) is 11.2 Å². The van der Waals surface area contributed by atoms with Gasteiger partial charge in [0.25, 0.3) is 0 Å². The first-order chi connectivity index (χ1) is 12.3. The van der Waals surface area contributed by atoms with E-state index in [4.69, 9.17) is 9.97 Å². The monoisotopic (exact) mass is 331 g/mol. The molecule has 0 unspecified atom stereocenters. The molecular weight excluding hydrogens is 306 g/mol. The molecule has 2 heterocycles. The van der Waals surface area contributed by atoms with E-state index in [9.17, 15) is 0 Å². The van der Waals surface area contributed by atoms with E-state index in [2.05, 4.69) is 66.4 Å². The van der Waals surface area contributed by atoms with Crippen molar-refractivity contribution in [2.24, 2.45) is 0 Å². The number of piperidine rings is 1. The van der Waals surface area contributed by atoms with Crippen molar-refractivity contribution in [2.45, 2.75) is 38.6 Å². The minimum absolute atomic E-state index is 0.547. The van der Waals surface area contributed by atoms with Crippen LogP contribution in [0.5, 0.6) is 0 Å². The number of aromatic nitrogens is 2. The van der Waals surface area contributed by atoms with Gasteiger partial charge in [0.2, 0.25) is 0 Å². The quantitative estimate of drug-likeness (QED) is 0.701. The maximum Gasteiger partial charge on any atom is 0.129 e. The van der Waals surface area contributed by atoms with Crippen LogP contribution >= 0.6 is 0 Å². The van der Waals surface area contributed by atoms with E-state index < -0.39 is 0 Å². The molecule has 1 fully saturated rings. The molecule has 0 N–H and O–H groups in total. The van der Waals surface area contributed by atoms with Crippen LogP contribution in [0.25, 0.3) is 10.9 Å². The van der Waals surface area contributed by atoms with E-state index in [1.807, 2.05) is 0 Å². The molecule has 4 rings (SSSR count). The van der Waals surface area contributed by atoms with E-state index in [1.54, 1.807) is 0 Å². The summed E-state index contributed by atoms with van der Waals surface area (Å²) in [5, 5.41) is 1.24. The summed E-state index contributed by atoms with van der Waals surface area (Å²) in [7, 11) is 0. The highest BCUT2D eigenvalue weighted by molar-refractivity contribution is 5.81. The number of nitrogens with zero attached hydrogens (tertiary/aromatic N) is 3. The Morgan fingerprint density at radius 3 is 2.40 bits per heavy atom. The number of benzene rings is 2. The second kappa shape index (κ2) is 7.32. The Bertz CT molecular complexity index is 836. The summed E-state index contributed by atoms with van der Waals surface area (Å²) in [6, 6.07) is 19.2. The van der Waals surface area contributed by atoms with Crippen LogP contribution in [0.15, 0.2) is 54.6 Å². The van der Waals surface area contributed by atoms with Gasteiger partial charge in [-0.3, -0.25) is 4.90 Å². The fraction of sp³-hybridized carbons (Fsp3) is 0.364. The Morgan fingerprint density at radius 1 is 0.920 bits per heavy atom. The molecule has 1 aliphatic rings. The van der Waals surface area contributed by atoms with Crippen LogP contribution < -0.4 is 0 Å².